The predicted octanol–water partition coefficient (Wildman–Crippen LogP) is -0.272. The molecule has 3 amide bonds. The molecule has 0 bridgehead atoms. The lowest BCUT2D eigenvalue weighted by Gasteiger charge is -2.40. The summed E-state index contributed by atoms with van der Waals surface area (Å²) in [7, 11) is 3.04. The first kappa shape index (κ1) is 15.5. The van der Waals surface area contributed by atoms with E-state index in [9.17, 15) is 14.7 Å². The van der Waals surface area contributed by atoms with Crippen LogP contribution >= 0.6 is 0 Å². The van der Waals surface area contributed by atoms with Crippen molar-refractivity contribution < 1.29 is 33.6 Å². The van der Waals surface area contributed by atoms with E-state index in [0.29, 0.717) is 0 Å². The fraction of sp³-hybridized carbons (Fsp3) is 0.846. The van der Waals surface area contributed by atoms with Gasteiger partial charge in [0.2, 0.25) is 0 Å². The van der Waals surface area contributed by atoms with Gasteiger partial charge in [0.25, 0.3) is 5.79 Å². The lowest BCUT2D eigenvalue weighted by Crippen LogP contribution is -2.62. The minimum absolute atomic E-state index is 0.0996. The number of hydrogen-bond donors (Lipinski definition) is 1. The zero-order chi connectivity index (χ0) is 16.3. The largest absolute Gasteiger partial charge is 0.420 e. The molecule has 9 nitrogen and oxygen atoms in total. The van der Waals surface area contributed by atoms with Gasteiger partial charge in [-0.15, -0.1) is 0 Å². The molecular weight excluding hydrogens is 296 g/mol. The molecule has 9 heteroatoms. The molecule has 3 fully saturated rings. The number of imide groups is 1. The molecule has 0 radical (unpaired) electrons. The monoisotopic (exact) mass is 316 g/mol. The second-order valence-electron chi connectivity index (χ2n) is 6.34. The predicted molar refractivity (Wildman–Crippen MR) is 70.8 cm³/mol. The lowest BCUT2D eigenvalue weighted by molar-refractivity contribution is -0.287. The minimum Gasteiger partial charge on any atom is -0.411 e. The van der Waals surface area contributed by atoms with Crippen LogP contribution in [-0.2, 0) is 18.9 Å². The summed E-state index contributed by atoms with van der Waals surface area (Å²) in [6.45, 7) is 3.36. The molecule has 3 rings (SSSR count). The summed E-state index contributed by atoms with van der Waals surface area (Å²) in [6.07, 6.45) is -3.25. The smallest absolute Gasteiger partial charge is 0.411 e. The molecule has 0 saturated carbocycles. The molecule has 3 aliphatic rings. The quantitative estimate of drug-likeness (QED) is 0.657. The van der Waals surface area contributed by atoms with Crippen LogP contribution in [0.25, 0.3) is 0 Å². The Morgan fingerprint density at radius 1 is 1.36 bits per heavy atom. The molecule has 3 aliphatic heterocycles. The number of ether oxygens (including phenoxy) is 4. The summed E-state index contributed by atoms with van der Waals surface area (Å²) in [4.78, 5) is 26.1. The van der Waals surface area contributed by atoms with Crippen LogP contribution in [0, 0.1) is 0 Å². The highest BCUT2D eigenvalue weighted by Crippen LogP contribution is 2.41. The van der Waals surface area contributed by atoms with Crippen LogP contribution in [0.2, 0.25) is 0 Å². The van der Waals surface area contributed by atoms with E-state index in [1.165, 1.54) is 19.0 Å². The van der Waals surface area contributed by atoms with Gasteiger partial charge in [-0.1, -0.05) is 0 Å². The van der Waals surface area contributed by atoms with Gasteiger partial charge in [0, 0.05) is 14.1 Å². The molecule has 3 heterocycles. The standard InChI is InChI=1S/C13H20N2O7/c1-12(2)20-7-5-19-13(9(16)8(7)21-12)6-15(11(18)22-13)10(17)14(3)4/h7-9,16H,5-6H2,1-4H3/t7-,8-,9+,13+/m1/s1. The fourth-order valence-corrected chi connectivity index (χ4v) is 2.95. The number of amides is 3. The third-order valence-corrected chi connectivity index (χ3v) is 3.95. The van der Waals surface area contributed by atoms with Crippen LogP contribution in [0.4, 0.5) is 9.59 Å². The van der Waals surface area contributed by atoms with Crippen molar-refractivity contribution in [3.05, 3.63) is 0 Å². The zero-order valence-electron chi connectivity index (χ0n) is 12.9. The number of urea groups is 1. The Morgan fingerprint density at radius 3 is 2.68 bits per heavy atom. The molecule has 124 valence electrons. The SMILES string of the molecule is CN(C)C(=O)N1C[C@]2(OC[C@H]3OC(C)(C)O[C@H]3[C@@H]2O)OC1=O. The minimum atomic E-state index is -1.62. The molecule has 0 aliphatic carbocycles. The summed E-state index contributed by atoms with van der Waals surface area (Å²) in [6, 6.07) is -0.538. The molecule has 0 aromatic rings. The number of hydrogen-bond acceptors (Lipinski definition) is 7. The van der Waals surface area contributed by atoms with Gasteiger partial charge in [0.1, 0.15) is 18.8 Å². The Bertz CT molecular complexity index is 509. The van der Waals surface area contributed by atoms with E-state index in [1.54, 1.807) is 13.8 Å². The fourth-order valence-electron chi connectivity index (χ4n) is 2.95. The van der Waals surface area contributed by atoms with Crippen LogP contribution in [0.1, 0.15) is 13.8 Å². The Morgan fingerprint density at radius 2 is 2.05 bits per heavy atom. The second-order valence-corrected chi connectivity index (χ2v) is 6.34. The molecule has 1 spiro atoms. The average Bonchev–Trinajstić information content (AvgIpc) is 2.91. The molecule has 3 saturated heterocycles. The first-order valence-corrected chi connectivity index (χ1v) is 7.05. The maximum Gasteiger partial charge on any atom is 0.420 e. The molecule has 4 atom stereocenters. The first-order valence-electron chi connectivity index (χ1n) is 7.05. The molecule has 0 unspecified atom stereocenters. The third kappa shape index (κ3) is 2.24. The van der Waals surface area contributed by atoms with Crippen molar-refractivity contribution in [1.82, 2.24) is 9.80 Å². The van der Waals surface area contributed by atoms with Crippen molar-refractivity contribution in [2.24, 2.45) is 0 Å². The number of carbonyl (C=O) groups excluding carboxylic acids is 2. The lowest BCUT2D eigenvalue weighted by atomic mass is 9.97. The zero-order valence-corrected chi connectivity index (χ0v) is 12.9. The molecule has 0 aromatic heterocycles. The van der Waals surface area contributed by atoms with Crippen LogP contribution in [0.5, 0.6) is 0 Å². The molecule has 22 heavy (non-hydrogen) atoms. The van der Waals surface area contributed by atoms with Gasteiger partial charge in [-0.3, -0.25) is 0 Å². The van der Waals surface area contributed by atoms with Gasteiger partial charge in [0.15, 0.2) is 11.9 Å². The van der Waals surface area contributed by atoms with E-state index >= 15 is 0 Å². The van der Waals surface area contributed by atoms with E-state index in [0.717, 1.165) is 4.90 Å². The maximum atomic E-state index is 12.0. The van der Waals surface area contributed by atoms with Crippen molar-refractivity contribution in [1.29, 1.82) is 0 Å². The van der Waals surface area contributed by atoms with Gasteiger partial charge in [0.05, 0.1) is 6.61 Å². The number of nitrogens with zero attached hydrogens (tertiary/aromatic N) is 2. The maximum absolute atomic E-state index is 12.0. The average molecular weight is 316 g/mol. The number of rotatable bonds is 0. The van der Waals surface area contributed by atoms with Crippen LogP contribution in [0.3, 0.4) is 0 Å². The third-order valence-electron chi connectivity index (χ3n) is 3.95. The Labute approximate surface area is 127 Å². The summed E-state index contributed by atoms with van der Waals surface area (Å²) in [5, 5.41) is 10.6. The van der Waals surface area contributed by atoms with E-state index in [2.05, 4.69) is 0 Å². The Kier molecular flexibility index (Phi) is 3.37. The van der Waals surface area contributed by atoms with E-state index < -0.39 is 42.0 Å². The van der Waals surface area contributed by atoms with E-state index in [4.69, 9.17) is 18.9 Å². The topological polar surface area (TPSA) is 97.8 Å². The normalized spacial score (nSPS) is 39.8. The number of aliphatic hydroxyl groups is 1. The summed E-state index contributed by atoms with van der Waals surface area (Å²) < 4.78 is 22.1. The van der Waals surface area contributed by atoms with Crippen molar-refractivity contribution in [3.8, 4) is 0 Å². The van der Waals surface area contributed by atoms with Crippen molar-refractivity contribution in [2.75, 3.05) is 27.2 Å². The van der Waals surface area contributed by atoms with Crippen molar-refractivity contribution >= 4 is 12.1 Å². The van der Waals surface area contributed by atoms with Gasteiger partial charge < -0.3 is 29.0 Å². The van der Waals surface area contributed by atoms with Gasteiger partial charge >= 0.3 is 12.1 Å². The van der Waals surface area contributed by atoms with Crippen LogP contribution in [0.15, 0.2) is 0 Å². The van der Waals surface area contributed by atoms with E-state index in [1.807, 2.05) is 0 Å². The number of fused-ring (bicyclic) bond motifs is 1. The van der Waals surface area contributed by atoms with Crippen LogP contribution in [-0.4, -0.2) is 84.2 Å². The van der Waals surface area contributed by atoms with E-state index in [-0.39, 0.29) is 13.2 Å². The first-order chi connectivity index (χ1) is 10.2. The number of carbonyl (C=O) groups is 2. The van der Waals surface area contributed by atoms with Crippen molar-refractivity contribution in [2.45, 2.75) is 43.7 Å². The van der Waals surface area contributed by atoms with Crippen LogP contribution < -0.4 is 0 Å². The summed E-state index contributed by atoms with van der Waals surface area (Å²) >= 11 is 0. The Hall–Kier alpha value is -1.42. The molecular formula is C13H20N2O7. The highest BCUT2D eigenvalue weighted by molar-refractivity contribution is 5.92. The highest BCUT2D eigenvalue weighted by atomic mass is 16.8. The number of aliphatic hydroxyl groups excluding tert-OH is 1. The van der Waals surface area contributed by atoms with Gasteiger partial charge in [-0.05, 0) is 13.8 Å². The second kappa shape index (κ2) is 4.79. The summed E-state index contributed by atoms with van der Waals surface area (Å²) in [5.74, 6) is -2.47. The van der Waals surface area contributed by atoms with Gasteiger partial charge in [-0.2, -0.15) is 0 Å². The van der Waals surface area contributed by atoms with Crippen molar-refractivity contribution in [3.63, 3.8) is 0 Å². The van der Waals surface area contributed by atoms with Gasteiger partial charge in [-0.25, -0.2) is 14.5 Å². The molecule has 1 N–H and O–H groups in total. The highest BCUT2D eigenvalue weighted by Gasteiger charge is 2.63. The summed E-state index contributed by atoms with van der Waals surface area (Å²) in [5.41, 5.74) is 0. The Balaban J connectivity index is 1.81. The molecule has 0 aromatic carbocycles.